The lowest BCUT2D eigenvalue weighted by Crippen LogP contribution is -2.29. The SMILES string of the molecule is COc1ccc(Cn2cc(-c3nc[s+](Nc4ccccn4)c3N3CCCCC3)cn2)cc1. The van der Waals surface area contributed by atoms with Gasteiger partial charge in [-0.1, -0.05) is 18.2 Å². The first kappa shape index (κ1) is 20.5. The molecule has 0 aliphatic carbocycles. The molecule has 1 fully saturated rings. The summed E-state index contributed by atoms with van der Waals surface area (Å²) in [6.07, 6.45) is 9.55. The molecule has 1 atom stereocenters. The fraction of sp³-hybridized carbons (Fsp3) is 0.292. The third-order valence-electron chi connectivity index (χ3n) is 5.63. The van der Waals surface area contributed by atoms with Crippen molar-refractivity contribution in [2.75, 3.05) is 29.8 Å². The molecule has 5 rings (SSSR count). The number of hydrogen-bond acceptors (Lipinski definition) is 6. The number of piperidine rings is 1. The molecule has 0 spiro atoms. The average Bonchev–Trinajstić information content (AvgIpc) is 3.48. The van der Waals surface area contributed by atoms with Gasteiger partial charge in [-0.05, 0) is 49.1 Å². The van der Waals surface area contributed by atoms with E-state index in [1.165, 1.54) is 29.8 Å². The number of aromatic nitrogens is 4. The second-order valence-electron chi connectivity index (χ2n) is 7.87. The molecule has 0 saturated carbocycles. The highest BCUT2D eigenvalue weighted by Crippen LogP contribution is 2.42. The number of nitrogens with one attached hydrogen (secondary N) is 1. The maximum absolute atomic E-state index is 5.25. The lowest BCUT2D eigenvalue weighted by Gasteiger charge is -2.25. The Labute approximate surface area is 190 Å². The maximum Gasteiger partial charge on any atom is 0.298 e. The second kappa shape index (κ2) is 9.40. The molecule has 0 amide bonds. The fourth-order valence-corrected chi connectivity index (χ4v) is 5.65. The maximum atomic E-state index is 5.25. The van der Waals surface area contributed by atoms with Crippen LogP contribution < -0.4 is 14.4 Å². The van der Waals surface area contributed by atoms with Crippen LogP contribution in [0.2, 0.25) is 0 Å². The van der Waals surface area contributed by atoms with E-state index in [0.29, 0.717) is 6.54 Å². The number of rotatable bonds is 7. The van der Waals surface area contributed by atoms with Crippen LogP contribution in [0.3, 0.4) is 0 Å². The lowest BCUT2D eigenvalue weighted by molar-refractivity contribution is 0.414. The number of benzene rings is 1. The Morgan fingerprint density at radius 1 is 1.03 bits per heavy atom. The highest BCUT2D eigenvalue weighted by atomic mass is 32.2. The molecular weight excluding hydrogens is 420 g/mol. The van der Waals surface area contributed by atoms with Crippen molar-refractivity contribution in [2.24, 2.45) is 0 Å². The molecule has 7 nitrogen and oxygen atoms in total. The predicted octanol–water partition coefficient (Wildman–Crippen LogP) is 5.01. The first-order valence-corrected chi connectivity index (χ1v) is 12.2. The third-order valence-corrected chi connectivity index (χ3v) is 7.24. The van der Waals surface area contributed by atoms with Crippen molar-refractivity contribution in [3.8, 4) is 17.0 Å². The van der Waals surface area contributed by atoms with Gasteiger partial charge in [0, 0.05) is 31.0 Å². The van der Waals surface area contributed by atoms with Crippen molar-refractivity contribution in [3.63, 3.8) is 0 Å². The van der Waals surface area contributed by atoms with Crippen LogP contribution in [-0.2, 0) is 6.54 Å². The number of nitrogens with zero attached hydrogens (tertiary/aromatic N) is 5. The zero-order valence-electron chi connectivity index (χ0n) is 18.1. The van der Waals surface area contributed by atoms with E-state index in [4.69, 9.17) is 9.72 Å². The lowest BCUT2D eigenvalue weighted by atomic mass is 10.1. The third kappa shape index (κ3) is 4.45. The molecule has 0 bridgehead atoms. The van der Waals surface area contributed by atoms with Crippen LogP contribution in [0.5, 0.6) is 5.75 Å². The Balaban J connectivity index is 1.43. The minimum Gasteiger partial charge on any atom is -0.497 e. The van der Waals surface area contributed by atoms with Gasteiger partial charge in [0.2, 0.25) is 0 Å². The average molecular weight is 448 g/mol. The molecule has 1 aliphatic rings. The van der Waals surface area contributed by atoms with Gasteiger partial charge in [-0.25, -0.2) is 4.98 Å². The smallest absolute Gasteiger partial charge is 0.298 e. The summed E-state index contributed by atoms with van der Waals surface area (Å²) in [4.78, 5) is 11.8. The monoisotopic (exact) mass is 447 g/mol. The summed E-state index contributed by atoms with van der Waals surface area (Å²) >= 11 is 0. The summed E-state index contributed by atoms with van der Waals surface area (Å²) in [6, 6.07) is 14.0. The van der Waals surface area contributed by atoms with Gasteiger partial charge in [0.25, 0.3) is 10.5 Å². The van der Waals surface area contributed by atoms with Gasteiger partial charge in [0.1, 0.15) is 16.4 Å². The predicted molar refractivity (Wildman–Crippen MR) is 129 cm³/mol. The second-order valence-corrected chi connectivity index (χ2v) is 9.34. The molecule has 4 heterocycles. The van der Waals surface area contributed by atoms with Crippen LogP contribution in [0.15, 0.2) is 66.6 Å². The van der Waals surface area contributed by atoms with Crippen LogP contribution >= 0.6 is 10.7 Å². The van der Waals surface area contributed by atoms with E-state index >= 15 is 0 Å². The van der Waals surface area contributed by atoms with Gasteiger partial charge in [0.05, 0.1) is 19.9 Å². The molecule has 1 N–H and O–H groups in total. The van der Waals surface area contributed by atoms with Crippen LogP contribution in [0.4, 0.5) is 10.8 Å². The number of anilines is 2. The molecule has 8 heteroatoms. The van der Waals surface area contributed by atoms with Gasteiger partial charge in [-0.3, -0.25) is 4.68 Å². The Bertz CT molecular complexity index is 1150. The van der Waals surface area contributed by atoms with E-state index in [2.05, 4.69) is 38.0 Å². The largest absolute Gasteiger partial charge is 0.497 e. The van der Waals surface area contributed by atoms with Gasteiger partial charge in [-0.2, -0.15) is 14.8 Å². The number of thiazole rings is 1. The molecule has 1 saturated heterocycles. The Morgan fingerprint density at radius 2 is 1.88 bits per heavy atom. The number of ether oxygens (including phenoxy) is 1. The summed E-state index contributed by atoms with van der Waals surface area (Å²) in [5.74, 6) is 1.73. The molecule has 1 unspecified atom stereocenters. The van der Waals surface area contributed by atoms with Gasteiger partial charge in [0.15, 0.2) is 11.5 Å². The van der Waals surface area contributed by atoms with Crippen molar-refractivity contribution in [1.82, 2.24) is 19.7 Å². The molecule has 32 heavy (non-hydrogen) atoms. The number of methoxy groups -OCH3 is 1. The summed E-state index contributed by atoms with van der Waals surface area (Å²) in [5.41, 5.74) is 5.26. The van der Waals surface area contributed by atoms with Crippen molar-refractivity contribution >= 4 is 21.5 Å². The zero-order valence-corrected chi connectivity index (χ0v) is 19.0. The van der Waals surface area contributed by atoms with Crippen LogP contribution in [0, 0.1) is 0 Å². The van der Waals surface area contributed by atoms with Crippen LogP contribution in [0.1, 0.15) is 24.8 Å². The summed E-state index contributed by atoms with van der Waals surface area (Å²) in [5, 5.41) is 5.87. The summed E-state index contributed by atoms with van der Waals surface area (Å²) in [7, 11) is 1.36. The first-order chi connectivity index (χ1) is 15.8. The fourth-order valence-electron chi connectivity index (χ4n) is 4.00. The quantitative estimate of drug-likeness (QED) is 0.402. The topological polar surface area (TPSA) is 68.1 Å². The van der Waals surface area contributed by atoms with Crippen molar-refractivity contribution in [3.05, 3.63) is 72.1 Å². The van der Waals surface area contributed by atoms with Crippen LogP contribution in [0.25, 0.3) is 11.3 Å². The van der Waals surface area contributed by atoms with Crippen LogP contribution in [-0.4, -0.2) is 39.9 Å². The van der Waals surface area contributed by atoms with E-state index in [-0.39, 0.29) is 10.7 Å². The highest BCUT2D eigenvalue weighted by Gasteiger charge is 2.31. The Kier molecular flexibility index (Phi) is 6.02. The Morgan fingerprint density at radius 3 is 2.62 bits per heavy atom. The molecular formula is C24H27N6OS+. The van der Waals surface area contributed by atoms with Crippen molar-refractivity contribution in [2.45, 2.75) is 25.8 Å². The summed E-state index contributed by atoms with van der Waals surface area (Å²) < 4.78 is 10.8. The van der Waals surface area contributed by atoms with Gasteiger partial charge in [-0.15, -0.1) is 0 Å². The molecule has 4 aromatic rings. The first-order valence-electron chi connectivity index (χ1n) is 10.9. The summed E-state index contributed by atoms with van der Waals surface area (Å²) in [6.45, 7) is 2.84. The number of hydrogen-bond donors (Lipinski definition) is 1. The van der Waals surface area contributed by atoms with Crippen molar-refractivity contribution in [1.29, 1.82) is 0 Å². The van der Waals surface area contributed by atoms with E-state index in [1.54, 1.807) is 7.11 Å². The Hall–Kier alpha value is -3.39. The van der Waals surface area contributed by atoms with Gasteiger partial charge < -0.3 is 9.64 Å². The van der Waals surface area contributed by atoms with E-state index in [1.807, 2.05) is 52.9 Å². The minimum atomic E-state index is -0.326. The van der Waals surface area contributed by atoms with Gasteiger partial charge >= 0.3 is 0 Å². The molecule has 3 aromatic heterocycles. The molecule has 1 aliphatic heterocycles. The van der Waals surface area contributed by atoms with E-state index < -0.39 is 0 Å². The van der Waals surface area contributed by atoms with E-state index in [9.17, 15) is 0 Å². The minimum absolute atomic E-state index is 0.326. The molecule has 1 aromatic carbocycles. The standard InChI is InChI=1S/C24H27N6OS/c1-31-21-10-8-19(9-11-21)16-30-17-20(15-27-30)23-24(29-13-5-2-6-14-29)32(18-26-23)28-22-7-3-4-12-25-22/h3-4,7-12,15,17-18H,2,5-6,13-14,16H2,1H3,(H,25,28)/q+1. The normalized spacial score (nSPS) is 14.4. The highest BCUT2D eigenvalue weighted by molar-refractivity contribution is 7.35. The molecule has 164 valence electrons. The van der Waals surface area contributed by atoms with Crippen molar-refractivity contribution < 1.29 is 4.74 Å². The number of pyridine rings is 1. The van der Waals surface area contributed by atoms with E-state index in [0.717, 1.165) is 35.9 Å². The zero-order chi connectivity index (χ0) is 21.8. The molecule has 0 radical (unpaired) electrons.